The summed E-state index contributed by atoms with van der Waals surface area (Å²) in [7, 11) is 0. The van der Waals surface area contributed by atoms with Gasteiger partial charge < -0.3 is 15.9 Å². The van der Waals surface area contributed by atoms with Crippen molar-refractivity contribution in [1.29, 1.82) is 0 Å². The van der Waals surface area contributed by atoms with E-state index in [2.05, 4.69) is 25.9 Å². The van der Waals surface area contributed by atoms with Gasteiger partial charge in [0.2, 0.25) is 0 Å². The van der Waals surface area contributed by atoms with Crippen molar-refractivity contribution in [2.24, 2.45) is 0 Å². The predicted octanol–water partition coefficient (Wildman–Crippen LogP) is 0.891. The molecule has 0 fully saturated rings. The molecular weight excluding hydrogens is 285 g/mol. The van der Waals surface area contributed by atoms with Gasteiger partial charge in [0, 0.05) is 5.33 Å². The summed E-state index contributed by atoms with van der Waals surface area (Å²) in [6, 6.07) is 0. The topological polar surface area (TPSA) is 92.3 Å². The van der Waals surface area contributed by atoms with Crippen molar-refractivity contribution in [3.05, 3.63) is 17.0 Å². The van der Waals surface area contributed by atoms with Gasteiger partial charge in [-0.3, -0.25) is 4.98 Å². The van der Waals surface area contributed by atoms with Crippen LogP contribution in [-0.4, -0.2) is 31.6 Å². The molecule has 1 heterocycles. The second-order valence-corrected chi connectivity index (χ2v) is 4.13. The van der Waals surface area contributed by atoms with Gasteiger partial charge >= 0.3 is 0 Å². The largest absolute Gasteiger partial charge is 0.390 e. The maximum Gasteiger partial charge on any atom is 0.149 e. The van der Waals surface area contributed by atoms with Crippen LogP contribution in [0.5, 0.6) is 0 Å². The summed E-state index contributed by atoms with van der Waals surface area (Å²) in [4.78, 5) is 7.57. The number of nitrogens with two attached hydrogens (primary N) is 1. The molecule has 2 unspecified atom stereocenters. The third-order valence-corrected chi connectivity index (χ3v) is 2.49. The van der Waals surface area contributed by atoms with Gasteiger partial charge in [0.25, 0.3) is 0 Å². The molecule has 0 spiro atoms. The molecule has 0 radical (unpaired) electrons. The summed E-state index contributed by atoms with van der Waals surface area (Å²) in [6.07, 6.45) is -0.406. The second-order valence-electron chi connectivity index (χ2n) is 2.95. The maximum atomic E-state index is 9.70. The number of anilines is 1. The average Bonchev–Trinajstić information content (AvgIpc) is 2.17. The van der Waals surface area contributed by atoms with Crippen LogP contribution >= 0.6 is 27.5 Å². The van der Waals surface area contributed by atoms with E-state index < -0.39 is 12.2 Å². The molecule has 1 rings (SSSR count). The van der Waals surface area contributed by atoms with E-state index >= 15 is 0 Å². The van der Waals surface area contributed by atoms with E-state index in [0.29, 0.717) is 11.8 Å². The number of halogens is 2. The molecule has 0 amide bonds. The molecule has 0 aromatic carbocycles. The summed E-state index contributed by atoms with van der Waals surface area (Å²) in [5, 5.41) is 20.0. The van der Waals surface area contributed by atoms with Crippen molar-refractivity contribution >= 4 is 33.3 Å². The summed E-state index contributed by atoms with van der Waals surface area (Å²) in [6.45, 7) is 0. The highest BCUT2D eigenvalue weighted by molar-refractivity contribution is 9.09. The van der Waals surface area contributed by atoms with Crippen molar-refractivity contribution < 1.29 is 10.2 Å². The highest BCUT2D eigenvalue weighted by Crippen LogP contribution is 2.22. The fourth-order valence-electron chi connectivity index (χ4n) is 1.07. The Labute approximate surface area is 100 Å². The molecule has 2 atom stereocenters. The molecule has 0 bridgehead atoms. The Morgan fingerprint density at radius 1 is 1.53 bits per heavy atom. The lowest BCUT2D eigenvalue weighted by atomic mass is 10.1. The summed E-state index contributed by atoms with van der Waals surface area (Å²) >= 11 is 8.72. The number of nitrogens with zero attached hydrogens (tertiary/aromatic N) is 2. The van der Waals surface area contributed by atoms with Gasteiger partial charge in [0.05, 0.1) is 12.3 Å². The number of hydrogen-bond acceptors (Lipinski definition) is 5. The fourth-order valence-corrected chi connectivity index (χ4v) is 1.68. The third-order valence-electron chi connectivity index (χ3n) is 1.85. The third kappa shape index (κ3) is 3.27. The number of aliphatic hydroxyl groups is 2. The van der Waals surface area contributed by atoms with Crippen LogP contribution in [0.4, 0.5) is 5.82 Å². The Bertz CT molecular complexity index is 340. The van der Waals surface area contributed by atoms with Crippen molar-refractivity contribution in [2.45, 2.75) is 18.6 Å². The first kappa shape index (κ1) is 12.6. The van der Waals surface area contributed by atoms with Crippen LogP contribution in [-0.2, 0) is 0 Å². The van der Waals surface area contributed by atoms with Crippen molar-refractivity contribution in [2.75, 3.05) is 11.1 Å². The van der Waals surface area contributed by atoms with Gasteiger partial charge in [-0.2, -0.15) is 0 Å². The molecule has 4 N–H and O–H groups in total. The van der Waals surface area contributed by atoms with Crippen LogP contribution < -0.4 is 5.73 Å². The fraction of sp³-hybridized carbons (Fsp3) is 0.500. The zero-order valence-electron chi connectivity index (χ0n) is 7.77. The molecule has 0 saturated heterocycles. The van der Waals surface area contributed by atoms with E-state index in [1.165, 1.54) is 6.20 Å². The molecule has 1 aromatic heterocycles. The van der Waals surface area contributed by atoms with Gasteiger partial charge in [0.1, 0.15) is 22.8 Å². The Morgan fingerprint density at radius 2 is 2.20 bits per heavy atom. The molecule has 0 saturated carbocycles. The SMILES string of the molecule is Nc1nc(Cl)cnc1C(O)C(O)CCBr. The zero-order valence-corrected chi connectivity index (χ0v) is 10.1. The number of hydrogen-bond donors (Lipinski definition) is 3. The molecule has 5 nitrogen and oxygen atoms in total. The lowest BCUT2D eigenvalue weighted by Crippen LogP contribution is -2.21. The van der Waals surface area contributed by atoms with E-state index in [4.69, 9.17) is 17.3 Å². The highest BCUT2D eigenvalue weighted by atomic mass is 79.9. The standard InChI is InChI=1S/C8H11BrClN3O2/c9-2-1-4(14)7(15)6-8(11)13-5(10)3-12-6/h3-4,7,14-15H,1-2H2,(H2,11,13). The minimum atomic E-state index is -1.15. The molecule has 0 aliphatic rings. The molecule has 0 aliphatic heterocycles. The molecule has 0 aliphatic carbocycles. The second kappa shape index (κ2) is 5.60. The average molecular weight is 297 g/mol. The van der Waals surface area contributed by atoms with E-state index in [1.807, 2.05) is 0 Å². The first-order chi connectivity index (χ1) is 7.06. The molecule has 84 valence electrons. The first-order valence-electron chi connectivity index (χ1n) is 4.26. The molecule has 7 heteroatoms. The van der Waals surface area contributed by atoms with Crippen molar-refractivity contribution in [3.8, 4) is 0 Å². The van der Waals surface area contributed by atoms with Crippen molar-refractivity contribution in [3.63, 3.8) is 0 Å². The lowest BCUT2D eigenvalue weighted by molar-refractivity contribution is 0.0151. The Kier molecular flexibility index (Phi) is 4.72. The van der Waals surface area contributed by atoms with Crippen molar-refractivity contribution in [1.82, 2.24) is 9.97 Å². The smallest absolute Gasteiger partial charge is 0.149 e. The van der Waals surface area contributed by atoms with Gasteiger partial charge in [0.15, 0.2) is 0 Å². The maximum absolute atomic E-state index is 9.70. The van der Waals surface area contributed by atoms with E-state index in [0.717, 1.165) is 0 Å². The van der Waals surface area contributed by atoms with Gasteiger partial charge in [-0.15, -0.1) is 0 Å². The van der Waals surface area contributed by atoms with Gasteiger partial charge in [-0.25, -0.2) is 4.98 Å². The number of rotatable bonds is 4. The highest BCUT2D eigenvalue weighted by Gasteiger charge is 2.22. The zero-order chi connectivity index (χ0) is 11.4. The Hall–Kier alpha value is -0.430. The molecular formula is C8H11BrClN3O2. The Morgan fingerprint density at radius 3 is 2.73 bits per heavy atom. The van der Waals surface area contributed by atoms with Gasteiger partial charge in [-0.1, -0.05) is 27.5 Å². The number of alkyl halides is 1. The summed E-state index contributed by atoms with van der Waals surface area (Å²) in [5.74, 6) is 0.0311. The molecule has 15 heavy (non-hydrogen) atoms. The number of aromatic nitrogens is 2. The van der Waals surface area contributed by atoms with Crippen LogP contribution in [0.2, 0.25) is 5.15 Å². The van der Waals surface area contributed by atoms with Crippen LogP contribution in [0.25, 0.3) is 0 Å². The quantitative estimate of drug-likeness (QED) is 0.718. The molecule has 1 aromatic rings. The van der Waals surface area contributed by atoms with Crippen LogP contribution in [0, 0.1) is 0 Å². The van der Waals surface area contributed by atoms with E-state index in [-0.39, 0.29) is 16.7 Å². The summed E-state index contributed by atoms with van der Waals surface area (Å²) < 4.78 is 0. The predicted molar refractivity (Wildman–Crippen MR) is 60.8 cm³/mol. The first-order valence-corrected chi connectivity index (χ1v) is 5.76. The number of aliphatic hydroxyl groups excluding tert-OH is 2. The monoisotopic (exact) mass is 295 g/mol. The van der Waals surface area contributed by atoms with Gasteiger partial charge in [-0.05, 0) is 6.42 Å². The van der Waals surface area contributed by atoms with Crippen LogP contribution in [0.3, 0.4) is 0 Å². The normalized spacial score (nSPS) is 14.9. The summed E-state index contributed by atoms with van der Waals surface area (Å²) in [5.41, 5.74) is 5.66. The minimum Gasteiger partial charge on any atom is -0.390 e. The number of nitrogen functional groups attached to an aromatic ring is 1. The van der Waals surface area contributed by atoms with E-state index in [9.17, 15) is 10.2 Å². The van der Waals surface area contributed by atoms with Crippen LogP contribution in [0.1, 0.15) is 18.2 Å². The Balaban J connectivity index is 2.86. The lowest BCUT2D eigenvalue weighted by Gasteiger charge is -2.17. The van der Waals surface area contributed by atoms with Crippen LogP contribution in [0.15, 0.2) is 6.20 Å². The van der Waals surface area contributed by atoms with E-state index in [1.54, 1.807) is 0 Å². The minimum absolute atomic E-state index is 0.0311.